The van der Waals surface area contributed by atoms with Crippen molar-refractivity contribution in [3.8, 4) is 11.5 Å². The van der Waals surface area contributed by atoms with Crippen LogP contribution in [-0.4, -0.2) is 24.4 Å². The van der Waals surface area contributed by atoms with E-state index in [-0.39, 0.29) is 32.5 Å². The van der Waals surface area contributed by atoms with Crippen LogP contribution < -0.4 is 10.2 Å². The van der Waals surface area contributed by atoms with Gasteiger partial charge < -0.3 is 20.4 Å². The summed E-state index contributed by atoms with van der Waals surface area (Å²) in [6.45, 7) is 16.6. The molecule has 6 heteroatoms. The standard InChI is InChI=1S/C22H30O2S.2CH3O.Ti/c1-13-9-15(21(3,4)5)19(23)17(11-13)25-18-12-14(2)10-16(20(18)24)22(6,7)8;2*1-2;/h9-12,23-24H,1-8H3;2*1H3;/q;2*-1;+2. The Balaban J connectivity index is 0. The molecule has 30 heavy (non-hydrogen) atoms. The molecule has 0 aliphatic carbocycles. The minimum atomic E-state index is -0.142. The first-order valence-corrected chi connectivity index (χ1v) is 10.3. The Morgan fingerprint density at radius 2 is 0.900 bits per heavy atom. The number of benzene rings is 2. The Kier molecular flexibility index (Phi) is 13.3. The molecule has 2 aromatic carbocycles. The van der Waals surface area contributed by atoms with Gasteiger partial charge in [0.1, 0.15) is 11.5 Å². The van der Waals surface area contributed by atoms with E-state index in [1.54, 1.807) is 0 Å². The monoisotopic (exact) mass is 468 g/mol. The van der Waals surface area contributed by atoms with Crippen molar-refractivity contribution in [1.82, 2.24) is 0 Å². The van der Waals surface area contributed by atoms with Crippen molar-refractivity contribution in [3.63, 3.8) is 0 Å². The van der Waals surface area contributed by atoms with Crippen molar-refractivity contribution in [1.29, 1.82) is 0 Å². The van der Waals surface area contributed by atoms with Gasteiger partial charge in [0.2, 0.25) is 0 Å². The first-order chi connectivity index (χ1) is 13.3. The van der Waals surface area contributed by atoms with E-state index in [4.69, 9.17) is 10.2 Å². The van der Waals surface area contributed by atoms with Crippen LogP contribution in [0.2, 0.25) is 0 Å². The summed E-state index contributed by atoms with van der Waals surface area (Å²) in [4.78, 5) is 1.57. The van der Waals surface area contributed by atoms with Gasteiger partial charge in [-0.05, 0) is 47.9 Å². The third kappa shape index (κ3) is 8.28. The van der Waals surface area contributed by atoms with Crippen molar-refractivity contribution >= 4 is 11.8 Å². The maximum absolute atomic E-state index is 10.8. The summed E-state index contributed by atoms with van der Waals surface area (Å²) in [7, 11) is 1.50. The van der Waals surface area contributed by atoms with Crippen molar-refractivity contribution in [2.24, 2.45) is 0 Å². The van der Waals surface area contributed by atoms with Crippen molar-refractivity contribution in [3.05, 3.63) is 46.5 Å². The molecular weight excluding hydrogens is 432 g/mol. The summed E-state index contributed by atoms with van der Waals surface area (Å²) in [5.41, 5.74) is 3.78. The predicted octanol–water partition coefficient (Wildman–Crippen LogP) is 4.41. The summed E-state index contributed by atoms with van der Waals surface area (Å²) in [6.07, 6.45) is 0. The molecule has 0 amide bonds. The Morgan fingerprint density at radius 1 is 0.633 bits per heavy atom. The summed E-state index contributed by atoms with van der Waals surface area (Å²) < 4.78 is 0. The van der Waals surface area contributed by atoms with Crippen LogP contribution in [0.4, 0.5) is 0 Å². The van der Waals surface area contributed by atoms with Crippen LogP contribution >= 0.6 is 11.8 Å². The number of rotatable bonds is 2. The molecule has 0 aliphatic heterocycles. The van der Waals surface area contributed by atoms with E-state index >= 15 is 0 Å². The molecule has 0 spiro atoms. The predicted molar refractivity (Wildman–Crippen MR) is 119 cm³/mol. The summed E-state index contributed by atoms with van der Waals surface area (Å²) >= 11 is 1.43. The maximum Gasteiger partial charge on any atom is 2.00 e. The van der Waals surface area contributed by atoms with Gasteiger partial charge in [0.25, 0.3) is 0 Å². The second-order valence-corrected chi connectivity index (χ2v) is 10.0. The number of aromatic hydroxyl groups is 2. The number of hydrogen-bond donors (Lipinski definition) is 2. The summed E-state index contributed by atoms with van der Waals surface area (Å²) in [5, 5.41) is 38.1. The molecule has 0 fully saturated rings. The molecule has 2 rings (SSSR count). The molecule has 0 radical (unpaired) electrons. The molecule has 0 aliphatic rings. The molecule has 0 heterocycles. The van der Waals surface area contributed by atoms with Crippen molar-refractivity contribution in [2.45, 2.75) is 76.0 Å². The van der Waals surface area contributed by atoms with Gasteiger partial charge in [-0.1, -0.05) is 65.4 Å². The second-order valence-electron chi connectivity index (χ2n) is 8.92. The third-order valence-electron chi connectivity index (χ3n) is 4.27. The number of hydrogen-bond acceptors (Lipinski definition) is 5. The van der Waals surface area contributed by atoms with Gasteiger partial charge in [-0.15, -0.1) is 0 Å². The van der Waals surface area contributed by atoms with E-state index < -0.39 is 0 Å². The van der Waals surface area contributed by atoms with Gasteiger partial charge in [0, 0.05) is 11.1 Å². The van der Waals surface area contributed by atoms with Gasteiger partial charge in [0.15, 0.2) is 0 Å². The smallest absolute Gasteiger partial charge is 0.857 e. The molecule has 2 N–H and O–H groups in total. The van der Waals surface area contributed by atoms with E-state index in [9.17, 15) is 10.2 Å². The first kappa shape index (κ1) is 31.2. The van der Waals surface area contributed by atoms with E-state index in [0.29, 0.717) is 11.5 Å². The average Bonchev–Trinajstić information content (AvgIpc) is 2.62. The van der Waals surface area contributed by atoms with Crippen LogP contribution in [0.25, 0.3) is 0 Å². The molecule has 0 saturated heterocycles. The molecular formula is C24H36O4STi. The van der Waals surface area contributed by atoms with Gasteiger partial charge in [0.05, 0.1) is 9.79 Å². The molecule has 2 aromatic rings. The normalized spacial score (nSPS) is 10.8. The fraction of sp³-hybridized carbons (Fsp3) is 0.500. The van der Waals surface area contributed by atoms with Crippen LogP contribution in [0.15, 0.2) is 34.1 Å². The van der Waals surface area contributed by atoms with Gasteiger partial charge >= 0.3 is 21.7 Å². The van der Waals surface area contributed by atoms with Crippen molar-refractivity contribution < 1.29 is 42.1 Å². The van der Waals surface area contributed by atoms with E-state index in [0.717, 1.165) is 46.3 Å². The van der Waals surface area contributed by atoms with Crippen LogP contribution in [-0.2, 0) is 32.5 Å². The zero-order valence-electron chi connectivity index (χ0n) is 19.9. The number of phenols is 2. The van der Waals surface area contributed by atoms with E-state index in [1.807, 2.05) is 38.1 Å². The molecule has 166 valence electrons. The van der Waals surface area contributed by atoms with Gasteiger partial charge in [-0.3, -0.25) is 0 Å². The van der Waals surface area contributed by atoms with Gasteiger partial charge in [-0.25, -0.2) is 0 Å². The Hall–Kier alpha value is -0.976. The minimum absolute atomic E-state index is 0. The van der Waals surface area contributed by atoms with Crippen LogP contribution in [0.1, 0.15) is 63.8 Å². The quantitative estimate of drug-likeness (QED) is 0.638. The second kappa shape index (κ2) is 12.8. The van der Waals surface area contributed by atoms with Crippen LogP contribution in [0.5, 0.6) is 11.5 Å². The van der Waals surface area contributed by atoms with Crippen LogP contribution in [0.3, 0.4) is 0 Å². The fourth-order valence-corrected chi connectivity index (χ4v) is 4.05. The minimum Gasteiger partial charge on any atom is -0.857 e. The Bertz CT molecular complexity index is 739. The number of aryl methyl sites for hydroxylation is 2. The Labute approximate surface area is 201 Å². The maximum atomic E-state index is 10.8. The summed E-state index contributed by atoms with van der Waals surface area (Å²) in [5.74, 6) is 0.614. The van der Waals surface area contributed by atoms with Crippen molar-refractivity contribution in [2.75, 3.05) is 14.2 Å². The largest absolute Gasteiger partial charge is 2.00 e. The van der Waals surface area contributed by atoms with E-state index in [2.05, 4.69) is 41.5 Å². The average molecular weight is 468 g/mol. The SMILES string of the molecule is C[O-].C[O-].Cc1cc(Sc2cc(C)cc(C(C)(C)C)c2O)c(O)c(C(C)(C)C)c1.[Ti+2]. The number of phenolic OH excluding ortho intramolecular Hbond substituents is 2. The molecule has 0 aromatic heterocycles. The fourth-order valence-electron chi connectivity index (χ4n) is 2.91. The molecule has 0 saturated carbocycles. The molecule has 0 atom stereocenters. The molecule has 0 unspecified atom stereocenters. The van der Waals surface area contributed by atoms with E-state index in [1.165, 1.54) is 11.8 Å². The molecule has 0 bridgehead atoms. The summed E-state index contributed by atoms with van der Waals surface area (Å²) in [6, 6.07) is 8.04. The zero-order valence-corrected chi connectivity index (χ0v) is 22.3. The zero-order chi connectivity index (χ0) is 23.2. The topological polar surface area (TPSA) is 86.6 Å². The Morgan fingerprint density at radius 3 is 1.13 bits per heavy atom. The third-order valence-corrected chi connectivity index (χ3v) is 5.34. The van der Waals surface area contributed by atoms with Gasteiger partial charge in [-0.2, -0.15) is 14.2 Å². The van der Waals surface area contributed by atoms with Crippen LogP contribution in [0, 0.1) is 13.8 Å². The first-order valence-electron chi connectivity index (χ1n) is 9.48. The molecule has 4 nitrogen and oxygen atoms in total.